The molecule has 0 spiro atoms. The molecular formula is C16H29N3O2. The van der Waals surface area contributed by atoms with Gasteiger partial charge in [0.25, 0.3) is 0 Å². The molecule has 2 aliphatic rings. The Morgan fingerprint density at radius 2 is 1.81 bits per heavy atom. The number of piperidine rings is 1. The Hall–Kier alpha value is -1.10. The van der Waals surface area contributed by atoms with Crippen LogP contribution in [0.4, 0.5) is 0 Å². The molecule has 21 heavy (non-hydrogen) atoms. The largest absolute Gasteiger partial charge is 0.344 e. The molecule has 1 aliphatic carbocycles. The maximum atomic E-state index is 12.4. The number of rotatable bonds is 3. The third-order valence-electron chi connectivity index (χ3n) is 5.03. The number of carbonyl (C=O) groups is 2. The van der Waals surface area contributed by atoms with E-state index < -0.39 is 6.04 Å². The molecule has 1 heterocycles. The van der Waals surface area contributed by atoms with Crippen molar-refractivity contribution in [1.82, 2.24) is 10.2 Å². The van der Waals surface area contributed by atoms with Crippen LogP contribution in [0, 0.1) is 11.8 Å². The molecule has 2 fully saturated rings. The van der Waals surface area contributed by atoms with Crippen molar-refractivity contribution < 1.29 is 9.59 Å². The van der Waals surface area contributed by atoms with Gasteiger partial charge in [-0.05, 0) is 44.9 Å². The molecule has 0 aromatic rings. The summed E-state index contributed by atoms with van der Waals surface area (Å²) in [5.74, 6) is 0.223. The van der Waals surface area contributed by atoms with E-state index in [0.29, 0.717) is 5.92 Å². The van der Waals surface area contributed by atoms with Crippen LogP contribution in [0.3, 0.4) is 0 Å². The van der Waals surface area contributed by atoms with Crippen molar-refractivity contribution in [3.05, 3.63) is 0 Å². The number of carbonyl (C=O) groups excluding carboxylic acids is 2. The first-order valence-electron chi connectivity index (χ1n) is 8.35. The Kier molecular flexibility index (Phi) is 5.62. The second-order valence-corrected chi connectivity index (χ2v) is 6.71. The lowest BCUT2D eigenvalue weighted by Crippen LogP contribution is -2.53. The van der Waals surface area contributed by atoms with Crippen LogP contribution in [0.2, 0.25) is 0 Å². The fraction of sp³-hybridized carbons (Fsp3) is 0.875. The van der Waals surface area contributed by atoms with Gasteiger partial charge in [0, 0.05) is 19.1 Å². The fourth-order valence-electron chi connectivity index (χ4n) is 3.52. The first-order valence-corrected chi connectivity index (χ1v) is 8.35. The van der Waals surface area contributed by atoms with Crippen molar-refractivity contribution in [1.29, 1.82) is 0 Å². The summed E-state index contributed by atoms with van der Waals surface area (Å²) in [6, 6.07) is -0.531. The predicted octanol–water partition coefficient (Wildman–Crippen LogP) is 1.27. The van der Waals surface area contributed by atoms with E-state index in [4.69, 9.17) is 5.73 Å². The predicted molar refractivity (Wildman–Crippen MR) is 82.5 cm³/mol. The van der Waals surface area contributed by atoms with E-state index in [-0.39, 0.29) is 23.8 Å². The number of hydrogen-bond acceptors (Lipinski definition) is 3. The minimum absolute atomic E-state index is 0.0421. The average Bonchev–Trinajstić information content (AvgIpc) is 2.50. The minimum Gasteiger partial charge on any atom is -0.344 e. The molecule has 1 saturated carbocycles. The number of nitrogens with two attached hydrogens (primary N) is 1. The Labute approximate surface area is 127 Å². The highest BCUT2D eigenvalue weighted by Gasteiger charge is 2.34. The van der Waals surface area contributed by atoms with Crippen LogP contribution in [0.5, 0.6) is 0 Å². The van der Waals surface area contributed by atoms with Crippen molar-refractivity contribution in [2.75, 3.05) is 13.1 Å². The second kappa shape index (κ2) is 7.25. The van der Waals surface area contributed by atoms with Gasteiger partial charge in [-0.25, -0.2) is 0 Å². The summed E-state index contributed by atoms with van der Waals surface area (Å²) in [7, 11) is 0. The van der Waals surface area contributed by atoms with Crippen molar-refractivity contribution in [3.63, 3.8) is 0 Å². The van der Waals surface area contributed by atoms with Gasteiger partial charge in [0.15, 0.2) is 0 Å². The van der Waals surface area contributed by atoms with E-state index >= 15 is 0 Å². The lowest BCUT2D eigenvalue weighted by molar-refractivity contribution is -0.138. The third kappa shape index (κ3) is 3.96. The number of hydrogen-bond donors (Lipinski definition) is 2. The molecule has 1 aliphatic heterocycles. The maximum Gasteiger partial charge on any atom is 0.244 e. The van der Waals surface area contributed by atoms with Crippen LogP contribution >= 0.6 is 0 Å². The molecule has 5 nitrogen and oxygen atoms in total. The summed E-state index contributed by atoms with van der Waals surface area (Å²) in [4.78, 5) is 26.6. The average molecular weight is 295 g/mol. The van der Waals surface area contributed by atoms with E-state index in [1.807, 2.05) is 4.90 Å². The fourth-order valence-corrected chi connectivity index (χ4v) is 3.52. The number of likely N-dealkylation sites (tertiary alicyclic amines) is 1. The van der Waals surface area contributed by atoms with Gasteiger partial charge in [0.05, 0.1) is 5.92 Å². The second-order valence-electron chi connectivity index (χ2n) is 6.71. The highest BCUT2D eigenvalue weighted by molar-refractivity contribution is 5.88. The molecule has 0 radical (unpaired) electrons. The van der Waals surface area contributed by atoms with Crippen molar-refractivity contribution >= 4 is 11.8 Å². The zero-order valence-electron chi connectivity index (χ0n) is 13.3. The maximum absolute atomic E-state index is 12.4. The highest BCUT2D eigenvalue weighted by atomic mass is 16.2. The first-order chi connectivity index (χ1) is 10.0. The Balaban J connectivity index is 1.87. The normalized spacial score (nSPS) is 31.6. The van der Waals surface area contributed by atoms with Gasteiger partial charge >= 0.3 is 0 Å². The SMILES string of the molecule is CC(NC(=O)C1CCCC(C)C1N)C(=O)N1CCCCC1. The van der Waals surface area contributed by atoms with Gasteiger partial charge in [-0.1, -0.05) is 13.3 Å². The molecule has 5 heteroatoms. The molecule has 0 bridgehead atoms. The molecule has 0 aromatic carbocycles. The molecule has 3 N–H and O–H groups in total. The summed E-state index contributed by atoms with van der Waals surface area (Å²) >= 11 is 0. The molecule has 4 atom stereocenters. The Bertz CT molecular complexity index is 380. The Morgan fingerprint density at radius 3 is 2.48 bits per heavy atom. The standard InChI is InChI=1S/C16H29N3O2/c1-11-7-6-8-13(14(11)17)15(20)18-12(2)16(21)19-9-4-3-5-10-19/h11-14H,3-10,17H2,1-2H3,(H,18,20). The summed E-state index contributed by atoms with van der Waals surface area (Å²) < 4.78 is 0. The molecule has 1 saturated heterocycles. The smallest absolute Gasteiger partial charge is 0.244 e. The molecule has 120 valence electrons. The van der Waals surface area contributed by atoms with Gasteiger partial charge in [-0.3, -0.25) is 9.59 Å². The third-order valence-corrected chi connectivity index (χ3v) is 5.03. The molecule has 0 aromatic heterocycles. The number of nitrogens with zero attached hydrogens (tertiary/aromatic N) is 1. The van der Waals surface area contributed by atoms with Gasteiger partial charge in [-0.15, -0.1) is 0 Å². The minimum atomic E-state index is -0.444. The van der Waals surface area contributed by atoms with E-state index in [1.165, 1.54) is 6.42 Å². The van der Waals surface area contributed by atoms with E-state index in [9.17, 15) is 9.59 Å². The van der Waals surface area contributed by atoms with Gasteiger partial charge in [0.2, 0.25) is 11.8 Å². The zero-order valence-corrected chi connectivity index (χ0v) is 13.3. The lowest BCUT2D eigenvalue weighted by Gasteiger charge is -2.34. The molecular weight excluding hydrogens is 266 g/mol. The van der Waals surface area contributed by atoms with E-state index in [0.717, 1.165) is 45.2 Å². The first kappa shape index (κ1) is 16.3. The van der Waals surface area contributed by atoms with E-state index in [2.05, 4.69) is 12.2 Å². The monoisotopic (exact) mass is 295 g/mol. The van der Waals surface area contributed by atoms with Crippen LogP contribution in [0.15, 0.2) is 0 Å². The quantitative estimate of drug-likeness (QED) is 0.823. The van der Waals surface area contributed by atoms with Crippen LogP contribution in [-0.2, 0) is 9.59 Å². The number of amides is 2. The van der Waals surface area contributed by atoms with Crippen molar-refractivity contribution in [2.24, 2.45) is 17.6 Å². The van der Waals surface area contributed by atoms with Gasteiger partial charge in [-0.2, -0.15) is 0 Å². The molecule has 2 amide bonds. The van der Waals surface area contributed by atoms with Gasteiger partial charge < -0.3 is 16.0 Å². The van der Waals surface area contributed by atoms with Crippen molar-refractivity contribution in [2.45, 2.75) is 64.5 Å². The highest BCUT2D eigenvalue weighted by Crippen LogP contribution is 2.28. The van der Waals surface area contributed by atoms with Crippen LogP contribution in [0.25, 0.3) is 0 Å². The van der Waals surface area contributed by atoms with Crippen molar-refractivity contribution in [3.8, 4) is 0 Å². The Morgan fingerprint density at radius 1 is 1.14 bits per heavy atom. The number of nitrogens with one attached hydrogen (secondary N) is 1. The van der Waals surface area contributed by atoms with Crippen LogP contribution < -0.4 is 11.1 Å². The topological polar surface area (TPSA) is 75.4 Å². The summed E-state index contributed by atoms with van der Waals surface area (Å²) in [6.07, 6.45) is 6.30. The van der Waals surface area contributed by atoms with Crippen LogP contribution in [-0.4, -0.2) is 41.9 Å². The van der Waals surface area contributed by atoms with E-state index in [1.54, 1.807) is 6.92 Å². The van der Waals surface area contributed by atoms with Gasteiger partial charge in [0.1, 0.15) is 6.04 Å². The summed E-state index contributed by atoms with van der Waals surface area (Å²) in [6.45, 7) is 5.52. The molecule has 2 rings (SSSR count). The molecule has 4 unspecified atom stereocenters. The summed E-state index contributed by atoms with van der Waals surface area (Å²) in [5, 5.41) is 2.89. The zero-order chi connectivity index (χ0) is 15.4. The van der Waals surface area contributed by atoms with Crippen LogP contribution in [0.1, 0.15) is 52.4 Å². The lowest BCUT2D eigenvalue weighted by atomic mass is 9.78. The summed E-state index contributed by atoms with van der Waals surface area (Å²) in [5.41, 5.74) is 6.16.